The zero-order valence-corrected chi connectivity index (χ0v) is 9.61. The van der Waals surface area contributed by atoms with Crippen molar-refractivity contribution in [2.45, 2.75) is 18.6 Å². The molecule has 96 valence electrons. The number of fused-ring (bicyclic) bond motifs is 2. The van der Waals surface area contributed by atoms with Crippen LogP contribution in [0.1, 0.15) is 17.9 Å². The fourth-order valence-corrected chi connectivity index (χ4v) is 2.77. The number of nitrogens with zero attached hydrogens (tertiary/aromatic N) is 1. The number of phenols is 1. The molecular weight excluding hydrogens is 238 g/mol. The second-order valence-electron chi connectivity index (χ2n) is 4.65. The summed E-state index contributed by atoms with van der Waals surface area (Å²) >= 11 is 0. The second kappa shape index (κ2) is 4.13. The van der Waals surface area contributed by atoms with Gasteiger partial charge in [0.2, 0.25) is 12.8 Å². The van der Waals surface area contributed by atoms with Gasteiger partial charge in [-0.15, -0.1) is 0 Å². The van der Waals surface area contributed by atoms with Crippen LogP contribution in [-0.2, 0) is 4.74 Å². The predicted molar refractivity (Wildman–Crippen MR) is 61.2 cm³/mol. The van der Waals surface area contributed by atoms with Crippen molar-refractivity contribution in [3.05, 3.63) is 33.9 Å². The smallest absolute Gasteiger partial charge is 0.211 e. The summed E-state index contributed by atoms with van der Waals surface area (Å²) in [4.78, 5) is 10.5. The van der Waals surface area contributed by atoms with E-state index in [0.717, 1.165) is 12.0 Å². The molecule has 0 aliphatic carbocycles. The highest BCUT2D eigenvalue weighted by molar-refractivity contribution is 5.44. The molecule has 1 aromatic carbocycles. The summed E-state index contributed by atoms with van der Waals surface area (Å²) in [7, 11) is 0. The van der Waals surface area contributed by atoms with E-state index in [-0.39, 0.29) is 29.1 Å². The molecule has 6 nitrogen and oxygen atoms in total. The normalized spacial score (nSPS) is 29.2. The van der Waals surface area contributed by atoms with Crippen LogP contribution in [0, 0.1) is 16.0 Å². The first-order chi connectivity index (χ1) is 8.65. The van der Waals surface area contributed by atoms with Gasteiger partial charge in [0, 0.05) is 22.5 Å². The molecule has 2 heterocycles. The van der Waals surface area contributed by atoms with E-state index < -0.39 is 6.29 Å². The third-order valence-electron chi connectivity index (χ3n) is 3.59. The first-order valence-electron chi connectivity index (χ1n) is 5.88. The van der Waals surface area contributed by atoms with Crippen LogP contribution in [0.2, 0.25) is 0 Å². The lowest BCUT2D eigenvalue weighted by Crippen LogP contribution is -2.35. The highest BCUT2D eigenvalue weighted by Crippen LogP contribution is 2.45. The van der Waals surface area contributed by atoms with Crippen molar-refractivity contribution in [1.82, 2.24) is 0 Å². The Morgan fingerprint density at radius 3 is 3.11 bits per heavy atom. The summed E-state index contributed by atoms with van der Waals surface area (Å²) in [5, 5.41) is 20.2. The summed E-state index contributed by atoms with van der Waals surface area (Å²) < 4.78 is 11.1. The van der Waals surface area contributed by atoms with Crippen LogP contribution in [0.25, 0.3) is 0 Å². The van der Waals surface area contributed by atoms with Gasteiger partial charge in [0.25, 0.3) is 0 Å². The van der Waals surface area contributed by atoms with Crippen molar-refractivity contribution in [2.75, 3.05) is 13.2 Å². The van der Waals surface area contributed by atoms with Gasteiger partial charge in [-0.25, -0.2) is 0 Å². The van der Waals surface area contributed by atoms with Gasteiger partial charge in [-0.3, -0.25) is 10.1 Å². The highest BCUT2D eigenvalue weighted by Gasteiger charge is 2.44. The average Bonchev–Trinajstić information content (AvgIpc) is 2.75. The van der Waals surface area contributed by atoms with E-state index in [1.54, 1.807) is 6.07 Å². The van der Waals surface area contributed by atoms with Gasteiger partial charge in [-0.2, -0.15) is 0 Å². The lowest BCUT2D eigenvalue weighted by Gasteiger charge is -2.32. The molecule has 1 saturated heterocycles. The van der Waals surface area contributed by atoms with Crippen LogP contribution in [0.3, 0.4) is 0 Å². The quantitative estimate of drug-likeness (QED) is 0.636. The first-order valence-corrected chi connectivity index (χ1v) is 5.88. The van der Waals surface area contributed by atoms with Gasteiger partial charge in [0.05, 0.1) is 12.5 Å². The fourth-order valence-electron chi connectivity index (χ4n) is 2.77. The minimum Gasteiger partial charge on any atom is -0.508 e. The highest BCUT2D eigenvalue weighted by atomic mass is 16.7. The number of nitro groups is 1. The van der Waals surface area contributed by atoms with Gasteiger partial charge in [0.1, 0.15) is 11.5 Å². The molecule has 0 bridgehead atoms. The van der Waals surface area contributed by atoms with Gasteiger partial charge in [0.15, 0.2) is 0 Å². The van der Waals surface area contributed by atoms with Gasteiger partial charge in [-0.1, -0.05) is 6.07 Å². The Morgan fingerprint density at radius 1 is 1.50 bits per heavy atom. The Morgan fingerprint density at radius 2 is 2.33 bits per heavy atom. The lowest BCUT2D eigenvalue weighted by molar-refractivity contribution is -0.485. The summed E-state index contributed by atoms with van der Waals surface area (Å²) in [6, 6.07) is 4.72. The molecular formula is C12H13NO5. The summed E-state index contributed by atoms with van der Waals surface area (Å²) in [5.41, 5.74) is 0.788. The summed E-state index contributed by atoms with van der Waals surface area (Å²) in [6.07, 6.45) is 0.341. The summed E-state index contributed by atoms with van der Waals surface area (Å²) in [5.74, 6) is 0.388. The number of phenolic OH excluding ortho intramolecular Hbond substituents is 1. The van der Waals surface area contributed by atoms with Crippen LogP contribution < -0.4 is 4.74 Å². The number of aromatic hydroxyl groups is 1. The van der Waals surface area contributed by atoms with E-state index in [1.165, 1.54) is 12.1 Å². The van der Waals surface area contributed by atoms with E-state index >= 15 is 0 Å². The molecule has 3 rings (SSSR count). The zero-order chi connectivity index (χ0) is 12.7. The molecule has 18 heavy (non-hydrogen) atoms. The van der Waals surface area contributed by atoms with Gasteiger partial charge >= 0.3 is 0 Å². The molecule has 6 heteroatoms. The molecule has 1 fully saturated rings. The maximum Gasteiger partial charge on any atom is 0.211 e. The van der Waals surface area contributed by atoms with Crippen LogP contribution in [0.15, 0.2) is 18.2 Å². The van der Waals surface area contributed by atoms with Crippen molar-refractivity contribution in [1.29, 1.82) is 0 Å². The minimum atomic E-state index is -0.427. The molecule has 1 aromatic rings. The zero-order valence-electron chi connectivity index (χ0n) is 9.61. The standard InChI is InChI=1S/C12H13NO5/c14-7-1-2-8-10(6-13(15)16)9-3-4-17-12(9)18-11(8)5-7/h1-2,5,9-10,12,14H,3-4,6H2/t9-,10+,12+/m1/s1. The summed E-state index contributed by atoms with van der Waals surface area (Å²) in [6.45, 7) is 0.426. The number of benzene rings is 1. The maximum atomic E-state index is 10.8. The fraction of sp³-hybridized carbons (Fsp3) is 0.500. The monoisotopic (exact) mass is 251 g/mol. The van der Waals surface area contributed by atoms with Crippen molar-refractivity contribution in [2.24, 2.45) is 5.92 Å². The lowest BCUT2D eigenvalue weighted by atomic mass is 9.82. The Bertz CT molecular complexity index is 489. The Kier molecular flexibility index (Phi) is 2.59. The van der Waals surface area contributed by atoms with Crippen LogP contribution in [-0.4, -0.2) is 29.5 Å². The van der Waals surface area contributed by atoms with Crippen LogP contribution in [0.4, 0.5) is 0 Å². The molecule has 0 spiro atoms. The number of hydrogen-bond donors (Lipinski definition) is 1. The van der Waals surface area contributed by atoms with Gasteiger partial charge < -0.3 is 14.6 Å². The minimum absolute atomic E-state index is 0.0208. The van der Waals surface area contributed by atoms with E-state index in [4.69, 9.17) is 9.47 Å². The molecule has 3 atom stereocenters. The van der Waals surface area contributed by atoms with Crippen LogP contribution >= 0.6 is 0 Å². The largest absolute Gasteiger partial charge is 0.508 e. The van der Waals surface area contributed by atoms with Crippen molar-refractivity contribution in [3.63, 3.8) is 0 Å². The molecule has 0 amide bonds. The topological polar surface area (TPSA) is 81.8 Å². The van der Waals surface area contributed by atoms with Crippen molar-refractivity contribution < 1.29 is 19.5 Å². The van der Waals surface area contributed by atoms with E-state index in [9.17, 15) is 15.2 Å². The van der Waals surface area contributed by atoms with Crippen molar-refractivity contribution >= 4 is 0 Å². The third-order valence-corrected chi connectivity index (χ3v) is 3.59. The Hall–Kier alpha value is -1.82. The van der Waals surface area contributed by atoms with E-state index in [1.807, 2.05) is 0 Å². The first kappa shape index (κ1) is 11.3. The SMILES string of the molecule is O=[N+]([O-])C[C@H]1c2ccc(O)cc2O[C@@H]2OCC[C@@H]21. The molecule has 2 aliphatic rings. The Labute approximate surface area is 103 Å². The van der Waals surface area contributed by atoms with Crippen molar-refractivity contribution in [3.8, 4) is 11.5 Å². The molecule has 1 N–H and O–H groups in total. The molecule has 2 aliphatic heterocycles. The van der Waals surface area contributed by atoms with Gasteiger partial charge in [-0.05, 0) is 12.5 Å². The number of ether oxygens (including phenoxy) is 2. The molecule has 0 radical (unpaired) electrons. The maximum absolute atomic E-state index is 10.8. The van der Waals surface area contributed by atoms with Crippen LogP contribution in [0.5, 0.6) is 11.5 Å². The van der Waals surface area contributed by atoms with E-state index in [0.29, 0.717) is 12.4 Å². The molecule has 0 unspecified atom stereocenters. The second-order valence-corrected chi connectivity index (χ2v) is 4.65. The predicted octanol–water partition coefficient (Wildman–Crippen LogP) is 1.51. The molecule has 0 aromatic heterocycles. The third kappa shape index (κ3) is 1.78. The number of rotatable bonds is 2. The number of hydrogen-bond acceptors (Lipinski definition) is 5. The average molecular weight is 251 g/mol. The van der Waals surface area contributed by atoms with E-state index in [2.05, 4.69) is 0 Å². The molecule has 0 saturated carbocycles. The Balaban J connectivity index is 2.01.